The second-order valence-electron chi connectivity index (χ2n) is 4.36. The Hall–Kier alpha value is -3.06. The summed E-state index contributed by atoms with van der Waals surface area (Å²) in [5.41, 5.74) is 3.01. The largest absolute Gasteiger partial charge is 0.508 e. The fourth-order valence-corrected chi connectivity index (χ4v) is 1.97. The highest BCUT2D eigenvalue weighted by molar-refractivity contribution is 5.90. The van der Waals surface area contributed by atoms with Crippen molar-refractivity contribution >= 4 is 22.7 Å². The first-order chi connectivity index (χ1) is 9.76. The van der Waals surface area contributed by atoms with Gasteiger partial charge in [0.25, 0.3) is 0 Å². The third-order valence-electron chi connectivity index (χ3n) is 2.97. The number of phenolic OH excluding ortho intramolecular Hbond substituents is 1. The molecule has 2 N–H and O–H groups in total. The van der Waals surface area contributed by atoms with Gasteiger partial charge in [-0.1, -0.05) is 24.3 Å². The zero-order valence-corrected chi connectivity index (χ0v) is 10.5. The number of phenols is 1. The average molecular weight is 261 g/mol. The number of hydrogen-bond donors (Lipinski definition) is 2. The Morgan fingerprint density at radius 3 is 2.60 bits per heavy atom. The minimum atomic E-state index is 0.199. The molecule has 4 nitrogen and oxygen atoms in total. The molecule has 0 saturated carbocycles. The van der Waals surface area contributed by atoms with Crippen molar-refractivity contribution < 1.29 is 5.11 Å². The number of hydrogen-bond acceptors (Lipinski definition) is 3. The highest BCUT2D eigenvalue weighted by Gasteiger charge is 2.07. The minimum absolute atomic E-state index is 0.199. The molecule has 1 aromatic heterocycles. The maximum atomic E-state index is 9.29. The smallest absolute Gasteiger partial charge is 0.149 e. The zero-order valence-electron chi connectivity index (χ0n) is 10.5. The van der Waals surface area contributed by atoms with Gasteiger partial charge in [-0.05, 0) is 35.9 Å². The lowest BCUT2D eigenvalue weighted by Gasteiger charge is -1.96. The van der Waals surface area contributed by atoms with E-state index in [-0.39, 0.29) is 5.75 Å². The van der Waals surface area contributed by atoms with E-state index in [4.69, 9.17) is 0 Å². The molecule has 0 fully saturated rings. The highest BCUT2D eigenvalue weighted by atomic mass is 16.3. The van der Waals surface area contributed by atoms with Gasteiger partial charge in [-0.2, -0.15) is 5.26 Å². The standard InChI is InChI=1S/C16H11N3O/c17-10-12(9-11-5-7-13(20)8-6-11)16-18-14-3-1-2-4-15(14)19-16/h1-9,20H,(H,18,19)/b12-9+. The van der Waals surface area contributed by atoms with E-state index >= 15 is 0 Å². The molecule has 3 aromatic rings. The van der Waals surface area contributed by atoms with Gasteiger partial charge in [0.1, 0.15) is 17.6 Å². The summed E-state index contributed by atoms with van der Waals surface area (Å²) < 4.78 is 0. The number of rotatable bonds is 2. The molecule has 0 unspecified atom stereocenters. The van der Waals surface area contributed by atoms with E-state index in [0.29, 0.717) is 11.4 Å². The third-order valence-corrected chi connectivity index (χ3v) is 2.97. The SMILES string of the molecule is N#C/C(=C\c1ccc(O)cc1)c1nc2ccccc2[nH]1. The molecule has 0 spiro atoms. The molecule has 0 atom stereocenters. The van der Waals surface area contributed by atoms with Crippen molar-refractivity contribution in [1.82, 2.24) is 9.97 Å². The summed E-state index contributed by atoms with van der Waals surface area (Å²) in [6.07, 6.45) is 1.73. The van der Waals surface area contributed by atoms with Crippen LogP contribution in [0.4, 0.5) is 0 Å². The Bertz CT molecular complexity index is 790. The Kier molecular flexibility index (Phi) is 2.94. The van der Waals surface area contributed by atoms with Gasteiger partial charge in [-0.25, -0.2) is 4.98 Å². The van der Waals surface area contributed by atoms with Crippen molar-refractivity contribution in [2.24, 2.45) is 0 Å². The second kappa shape index (κ2) is 4.90. The number of aromatic amines is 1. The molecule has 2 aromatic carbocycles. The molecular weight excluding hydrogens is 250 g/mol. The van der Waals surface area contributed by atoms with Crippen LogP contribution in [0.1, 0.15) is 11.4 Å². The molecule has 0 saturated heterocycles. The van der Waals surface area contributed by atoms with Crippen molar-refractivity contribution in [3.05, 3.63) is 59.9 Å². The molecule has 96 valence electrons. The Balaban J connectivity index is 2.05. The number of aromatic hydroxyl groups is 1. The topological polar surface area (TPSA) is 72.7 Å². The van der Waals surface area contributed by atoms with Gasteiger partial charge in [0.2, 0.25) is 0 Å². The molecule has 0 aliphatic rings. The number of allylic oxidation sites excluding steroid dienone is 1. The first kappa shape index (κ1) is 12.0. The molecule has 0 aliphatic heterocycles. The van der Waals surface area contributed by atoms with Crippen molar-refractivity contribution in [1.29, 1.82) is 5.26 Å². The van der Waals surface area contributed by atoms with Gasteiger partial charge < -0.3 is 10.1 Å². The van der Waals surface area contributed by atoms with Crippen molar-refractivity contribution in [3.63, 3.8) is 0 Å². The predicted molar refractivity (Wildman–Crippen MR) is 77.7 cm³/mol. The maximum absolute atomic E-state index is 9.29. The average Bonchev–Trinajstić information content (AvgIpc) is 2.90. The quantitative estimate of drug-likeness (QED) is 0.695. The number of fused-ring (bicyclic) bond motifs is 1. The lowest BCUT2D eigenvalue weighted by atomic mass is 10.1. The summed E-state index contributed by atoms with van der Waals surface area (Å²) >= 11 is 0. The summed E-state index contributed by atoms with van der Waals surface area (Å²) in [4.78, 5) is 7.53. The summed E-state index contributed by atoms with van der Waals surface area (Å²) in [5, 5.41) is 18.5. The van der Waals surface area contributed by atoms with Crippen LogP contribution in [0.3, 0.4) is 0 Å². The minimum Gasteiger partial charge on any atom is -0.508 e. The first-order valence-corrected chi connectivity index (χ1v) is 6.12. The van der Waals surface area contributed by atoms with E-state index in [1.807, 2.05) is 24.3 Å². The zero-order chi connectivity index (χ0) is 13.9. The van der Waals surface area contributed by atoms with E-state index in [0.717, 1.165) is 16.6 Å². The highest BCUT2D eigenvalue weighted by Crippen LogP contribution is 2.20. The van der Waals surface area contributed by atoms with E-state index in [2.05, 4.69) is 16.0 Å². The van der Waals surface area contributed by atoms with Gasteiger partial charge in [0, 0.05) is 0 Å². The number of nitrogens with zero attached hydrogens (tertiary/aromatic N) is 2. The summed E-state index contributed by atoms with van der Waals surface area (Å²) in [6, 6.07) is 16.4. The van der Waals surface area contributed by atoms with Crippen LogP contribution in [0.15, 0.2) is 48.5 Å². The lowest BCUT2D eigenvalue weighted by Crippen LogP contribution is -1.84. The second-order valence-corrected chi connectivity index (χ2v) is 4.36. The molecule has 0 radical (unpaired) electrons. The number of nitriles is 1. The molecule has 20 heavy (non-hydrogen) atoms. The van der Waals surface area contributed by atoms with Gasteiger partial charge >= 0.3 is 0 Å². The number of para-hydroxylation sites is 2. The Morgan fingerprint density at radius 1 is 1.15 bits per heavy atom. The number of aromatic nitrogens is 2. The molecule has 0 aliphatic carbocycles. The van der Waals surface area contributed by atoms with Gasteiger partial charge in [-0.15, -0.1) is 0 Å². The van der Waals surface area contributed by atoms with Crippen LogP contribution in [0.25, 0.3) is 22.7 Å². The molecule has 3 rings (SSSR count). The van der Waals surface area contributed by atoms with Crippen LogP contribution < -0.4 is 0 Å². The Labute approximate surface area is 115 Å². The van der Waals surface area contributed by atoms with Crippen LogP contribution in [-0.2, 0) is 0 Å². The van der Waals surface area contributed by atoms with Crippen LogP contribution in [-0.4, -0.2) is 15.1 Å². The fourth-order valence-electron chi connectivity index (χ4n) is 1.97. The first-order valence-electron chi connectivity index (χ1n) is 6.12. The van der Waals surface area contributed by atoms with Crippen LogP contribution >= 0.6 is 0 Å². The molecule has 1 heterocycles. The van der Waals surface area contributed by atoms with Gasteiger partial charge in [0.15, 0.2) is 0 Å². The number of benzene rings is 2. The van der Waals surface area contributed by atoms with E-state index in [9.17, 15) is 10.4 Å². The monoisotopic (exact) mass is 261 g/mol. The molecule has 4 heteroatoms. The summed E-state index contributed by atoms with van der Waals surface area (Å²) in [7, 11) is 0. The Morgan fingerprint density at radius 2 is 1.90 bits per heavy atom. The summed E-state index contributed by atoms with van der Waals surface area (Å²) in [5.74, 6) is 0.742. The predicted octanol–water partition coefficient (Wildman–Crippen LogP) is 3.33. The normalized spacial score (nSPS) is 11.4. The van der Waals surface area contributed by atoms with Crippen LogP contribution in [0.5, 0.6) is 5.75 Å². The van der Waals surface area contributed by atoms with E-state index in [1.54, 1.807) is 30.3 Å². The van der Waals surface area contributed by atoms with Crippen molar-refractivity contribution in [2.75, 3.05) is 0 Å². The molecular formula is C16H11N3O. The van der Waals surface area contributed by atoms with Crippen molar-refractivity contribution in [2.45, 2.75) is 0 Å². The lowest BCUT2D eigenvalue weighted by molar-refractivity contribution is 0.475. The van der Waals surface area contributed by atoms with E-state index in [1.165, 1.54) is 0 Å². The van der Waals surface area contributed by atoms with Gasteiger partial charge in [0.05, 0.1) is 16.6 Å². The summed E-state index contributed by atoms with van der Waals surface area (Å²) in [6.45, 7) is 0. The molecule has 0 bridgehead atoms. The van der Waals surface area contributed by atoms with E-state index < -0.39 is 0 Å². The number of H-pyrrole nitrogens is 1. The third kappa shape index (κ3) is 2.25. The number of nitrogens with one attached hydrogen (secondary N) is 1. The van der Waals surface area contributed by atoms with Crippen molar-refractivity contribution in [3.8, 4) is 11.8 Å². The van der Waals surface area contributed by atoms with Gasteiger partial charge in [-0.3, -0.25) is 0 Å². The van der Waals surface area contributed by atoms with Crippen LogP contribution in [0, 0.1) is 11.3 Å². The molecule has 0 amide bonds. The maximum Gasteiger partial charge on any atom is 0.149 e. The fraction of sp³-hybridized carbons (Fsp3) is 0. The van der Waals surface area contributed by atoms with Crippen LogP contribution in [0.2, 0.25) is 0 Å². The number of imidazole rings is 1.